The Kier molecular flexibility index (Phi) is 6.61. The molecule has 0 bridgehead atoms. The maximum atomic E-state index is 13.1. The Bertz CT molecular complexity index is 688. The summed E-state index contributed by atoms with van der Waals surface area (Å²) in [7, 11) is 0. The van der Waals surface area contributed by atoms with E-state index in [-0.39, 0.29) is 11.7 Å². The summed E-state index contributed by atoms with van der Waals surface area (Å²) >= 11 is 0. The van der Waals surface area contributed by atoms with Gasteiger partial charge in [-0.05, 0) is 56.2 Å². The van der Waals surface area contributed by atoms with Gasteiger partial charge in [0.2, 0.25) is 5.91 Å². The predicted molar refractivity (Wildman–Crippen MR) is 92.1 cm³/mol. The molecule has 0 spiro atoms. The van der Waals surface area contributed by atoms with Crippen molar-refractivity contribution in [2.75, 3.05) is 18.5 Å². The van der Waals surface area contributed by atoms with Crippen LogP contribution in [-0.4, -0.2) is 19.1 Å². The minimum absolute atomic E-state index is 0.160. The van der Waals surface area contributed by atoms with Gasteiger partial charge in [0.15, 0.2) is 11.5 Å². The number of carbonyl (C=O) groups is 1. The molecular formula is C19H22FNO3. The lowest BCUT2D eigenvalue weighted by atomic mass is 10.1. The third-order valence-electron chi connectivity index (χ3n) is 3.36. The Morgan fingerprint density at radius 3 is 2.50 bits per heavy atom. The number of amides is 1. The molecule has 0 aliphatic carbocycles. The number of hydrogen-bond acceptors (Lipinski definition) is 3. The van der Waals surface area contributed by atoms with E-state index in [9.17, 15) is 9.18 Å². The van der Waals surface area contributed by atoms with Crippen LogP contribution in [0.2, 0.25) is 0 Å². The SMILES string of the molecule is CCOc1ccc(CCC(=O)Nc2cccc(F)c2)cc1OCC. The summed E-state index contributed by atoms with van der Waals surface area (Å²) in [6.07, 6.45) is 0.865. The first kappa shape index (κ1) is 17.8. The highest BCUT2D eigenvalue weighted by Gasteiger charge is 2.08. The summed E-state index contributed by atoms with van der Waals surface area (Å²) in [6.45, 7) is 4.94. The van der Waals surface area contributed by atoms with Gasteiger partial charge >= 0.3 is 0 Å². The second-order valence-electron chi connectivity index (χ2n) is 5.21. The summed E-state index contributed by atoms with van der Waals surface area (Å²) in [5.74, 6) is 0.850. The third-order valence-corrected chi connectivity index (χ3v) is 3.36. The monoisotopic (exact) mass is 331 g/mol. The Hall–Kier alpha value is -2.56. The van der Waals surface area contributed by atoms with E-state index in [4.69, 9.17) is 9.47 Å². The standard InChI is InChI=1S/C19H22FNO3/c1-3-23-17-10-8-14(12-18(17)24-4-2)9-11-19(22)21-16-7-5-6-15(20)13-16/h5-8,10,12-13H,3-4,9,11H2,1-2H3,(H,21,22). The van der Waals surface area contributed by atoms with Crippen LogP contribution in [0.1, 0.15) is 25.8 Å². The van der Waals surface area contributed by atoms with E-state index in [1.807, 2.05) is 32.0 Å². The molecule has 0 fully saturated rings. The fourth-order valence-corrected chi connectivity index (χ4v) is 2.30. The van der Waals surface area contributed by atoms with E-state index in [1.54, 1.807) is 12.1 Å². The zero-order valence-electron chi connectivity index (χ0n) is 14.0. The number of anilines is 1. The molecule has 0 atom stereocenters. The molecule has 1 N–H and O–H groups in total. The molecule has 0 saturated carbocycles. The Morgan fingerprint density at radius 2 is 1.79 bits per heavy atom. The summed E-state index contributed by atoms with van der Waals surface area (Å²) in [4.78, 5) is 12.0. The second kappa shape index (κ2) is 8.91. The fourth-order valence-electron chi connectivity index (χ4n) is 2.30. The van der Waals surface area contributed by atoms with Crippen molar-refractivity contribution in [3.8, 4) is 11.5 Å². The fraction of sp³-hybridized carbons (Fsp3) is 0.316. The third kappa shape index (κ3) is 5.26. The molecule has 2 aromatic carbocycles. The molecule has 0 radical (unpaired) electrons. The average molecular weight is 331 g/mol. The van der Waals surface area contributed by atoms with Gasteiger partial charge in [-0.1, -0.05) is 12.1 Å². The number of rotatable bonds is 8. The van der Waals surface area contributed by atoms with Crippen LogP contribution in [0.15, 0.2) is 42.5 Å². The smallest absolute Gasteiger partial charge is 0.224 e. The van der Waals surface area contributed by atoms with Crippen LogP contribution in [-0.2, 0) is 11.2 Å². The van der Waals surface area contributed by atoms with Crippen molar-refractivity contribution in [2.24, 2.45) is 0 Å². The average Bonchev–Trinajstić information content (AvgIpc) is 2.55. The first-order valence-electron chi connectivity index (χ1n) is 8.06. The van der Waals surface area contributed by atoms with Crippen molar-refractivity contribution < 1.29 is 18.7 Å². The van der Waals surface area contributed by atoms with Crippen molar-refractivity contribution in [1.29, 1.82) is 0 Å². The van der Waals surface area contributed by atoms with Gasteiger partial charge in [-0.15, -0.1) is 0 Å². The summed E-state index contributed by atoms with van der Waals surface area (Å²) in [5, 5.41) is 2.69. The maximum Gasteiger partial charge on any atom is 0.224 e. The molecule has 0 aliphatic rings. The van der Waals surface area contributed by atoms with Crippen LogP contribution in [0, 0.1) is 5.82 Å². The van der Waals surface area contributed by atoms with Gasteiger partial charge in [0, 0.05) is 12.1 Å². The zero-order valence-corrected chi connectivity index (χ0v) is 14.0. The van der Waals surface area contributed by atoms with Crippen molar-refractivity contribution in [1.82, 2.24) is 0 Å². The van der Waals surface area contributed by atoms with Crippen LogP contribution < -0.4 is 14.8 Å². The van der Waals surface area contributed by atoms with Gasteiger partial charge in [0.05, 0.1) is 13.2 Å². The summed E-state index contributed by atoms with van der Waals surface area (Å²) < 4.78 is 24.2. The second-order valence-corrected chi connectivity index (χ2v) is 5.21. The van der Waals surface area contributed by atoms with E-state index in [2.05, 4.69) is 5.32 Å². The molecule has 0 unspecified atom stereocenters. The van der Waals surface area contributed by atoms with Crippen molar-refractivity contribution in [2.45, 2.75) is 26.7 Å². The molecule has 2 aromatic rings. The normalized spacial score (nSPS) is 10.3. The van der Waals surface area contributed by atoms with Gasteiger partial charge in [0.1, 0.15) is 5.82 Å². The predicted octanol–water partition coefficient (Wildman–Crippen LogP) is 4.19. The first-order chi connectivity index (χ1) is 11.6. The van der Waals surface area contributed by atoms with Crippen molar-refractivity contribution in [3.63, 3.8) is 0 Å². The molecular weight excluding hydrogens is 309 g/mol. The molecule has 5 heteroatoms. The van der Waals surface area contributed by atoms with E-state index < -0.39 is 0 Å². The van der Waals surface area contributed by atoms with Gasteiger partial charge in [-0.3, -0.25) is 4.79 Å². The Morgan fingerprint density at radius 1 is 1.04 bits per heavy atom. The van der Waals surface area contributed by atoms with Crippen molar-refractivity contribution in [3.05, 3.63) is 53.8 Å². The van der Waals surface area contributed by atoms with E-state index in [0.29, 0.717) is 43.2 Å². The number of halogens is 1. The van der Waals surface area contributed by atoms with E-state index in [1.165, 1.54) is 12.1 Å². The molecule has 4 nitrogen and oxygen atoms in total. The van der Waals surface area contributed by atoms with Gasteiger partial charge in [-0.25, -0.2) is 4.39 Å². The van der Waals surface area contributed by atoms with Gasteiger partial charge in [-0.2, -0.15) is 0 Å². The largest absolute Gasteiger partial charge is 0.490 e. The summed E-state index contributed by atoms with van der Waals surface area (Å²) in [6, 6.07) is 11.5. The molecule has 0 saturated heterocycles. The topological polar surface area (TPSA) is 47.6 Å². The Balaban J connectivity index is 1.95. The van der Waals surface area contributed by atoms with Crippen LogP contribution in [0.5, 0.6) is 11.5 Å². The van der Waals surface area contributed by atoms with Gasteiger partial charge < -0.3 is 14.8 Å². The number of hydrogen-bond donors (Lipinski definition) is 1. The Labute approximate surface area is 141 Å². The van der Waals surface area contributed by atoms with Crippen LogP contribution >= 0.6 is 0 Å². The quantitative estimate of drug-likeness (QED) is 0.789. The molecule has 2 rings (SSSR count). The van der Waals surface area contributed by atoms with E-state index in [0.717, 1.165) is 5.56 Å². The molecule has 128 valence electrons. The molecule has 24 heavy (non-hydrogen) atoms. The van der Waals surface area contributed by atoms with Crippen LogP contribution in [0.3, 0.4) is 0 Å². The van der Waals surface area contributed by atoms with Crippen LogP contribution in [0.25, 0.3) is 0 Å². The van der Waals surface area contributed by atoms with Crippen LogP contribution in [0.4, 0.5) is 10.1 Å². The number of carbonyl (C=O) groups excluding carboxylic acids is 1. The molecule has 1 amide bonds. The minimum Gasteiger partial charge on any atom is -0.490 e. The number of benzene rings is 2. The van der Waals surface area contributed by atoms with Gasteiger partial charge in [0.25, 0.3) is 0 Å². The molecule has 0 aromatic heterocycles. The highest BCUT2D eigenvalue weighted by Crippen LogP contribution is 2.29. The number of ether oxygens (including phenoxy) is 2. The lowest BCUT2D eigenvalue weighted by molar-refractivity contribution is -0.116. The minimum atomic E-state index is -0.374. The molecule has 0 heterocycles. The molecule has 0 aliphatic heterocycles. The maximum absolute atomic E-state index is 13.1. The first-order valence-corrected chi connectivity index (χ1v) is 8.06. The highest BCUT2D eigenvalue weighted by atomic mass is 19.1. The lowest BCUT2D eigenvalue weighted by Gasteiger charge is -2.12. The highest BCUT2D eigenvalue weighted by molar-refractivity contribution is 5.90. The number of aryl methyl sites for hydroxylation is 1. The van der Waals surface area contributed by atoms with E-state index >= 15 is 0 Å². The lowest BCUT2D eigenvalue weighted by Crippen LogP contribution is -2.12. The number of nitrogens with one attached hydrogen (secondary N) is 1. The summed E-state index contributed by atoms with van der Waals surface area (Å²) in [5.41, 5.74) is 1.44. The zero-order chi connectivity index (χ0) is 17.4. The van der Waals surface area contributed by atoms with Crippen molar-refractivity contribution >= 4 is 11.6 Å².